The van der Waals surface area contributed by atoms with Gasteiger partial charge in [-0.1, -0.05) is 18.2 Å². The molecule has 0 aliphatic heterocycles. The van der Waals surface area contributed by atoms with Gasteiger partial charge in [-0.3, -0.25) is 4.79 Å². The Kier molecular flexibility index (Phi) is 4.53. The molecule has 0 aliphatic rings. The van der Waals surface area contributed by atoms with Crippen molar-refractivity contribution in [2.24, 2.45) is 0 Å². The van der Waals surface area contributed by atoms with Gasteiger partial charge in [-0.15, -0.1) is 0 Å². The van der Waals surface area contributed by atoms with Crippen LogP contribution in [0.2, 0.25) is 0 Å². The van der Waals surface area contributed by atoms with Crippen LogP contribution in [0.4, 0.5) is 5.69 Å². The fourth-order valence-corrected chi connectivity index (χ4v) is 1.56. The summed E-state index contributed by atoms with van der Waals surface area (Å²) >= 11 is 0. The van der Waals surface area contributed by atoms with Crippen LogP contribution in [0.15, 0.2) is 54.6 Å². The highest BCUT2D eigenvalue weighted by Crippen LogP contribution is 2.22. The first-order valence-corrected chi connectivity index (χ1v) is 5.89. The minimum absolute atomic E-state index is 0.0439. The van der Waals surface area contributed by atoms with Gasteiger partial charge in [0.05, 0.1) is 0 Å². The van der Waals surface area contributed by atoms with Crippen LogP contribution in [0.25, 0.3) is 0 Å². The molecule has 4 nitrogen and oxygen atoms in total. The van der Waals surface area contributed by atoms with Gasteiger partial charge in [-0.25, -0.2) is 0 Å². The van der Waals surface area contributed by atoms with Crippen molar-refractivity contribution in [1.29, 1.82) is 0 Å². The number of nitrogens with one attached hydrogen (secondary N) is 1. The lowest BCUT2D eigenvalue weighted by Gasteiger charge is -2.07. The second-order valence-corrected chi connectivity index (χ2v) is 3.92. The molecule has 1 N–H and O–H groups in total. The van der Waals surface area contributed by atoms with Crippen LogP contribution in [0.3, 0.4) is 0 Å². The van der Waals surface area contributed by atoms with E-state index in [9.17, 15) is 4.79 Å². The molecule has 0 heterocycles. The molecule has 0 radical (unpaired) electrons. The van der Waals surface area contributed by atoms with Gasteiger partial charge in [-0.05, 0) is 36.4 Å². The zero-order valence-electron chi connectivity index (χ0n) is 10.6. The minimum Gasteiger partial charge on any atom is -0.457 e. The fourth-order valence-electron chi connectivity index (χ4n) is 1.56. The highest BCUT2D eigenvalue weighted by Gasteiger charge is 2.02. The summed E-state index contributed by atoms with van der Waals surface area (Å²) in [5.41, 5.74) is 0.711. The van der Waals surface area contributed by atoms with E-state index in [1.54, 1.807) is 24.3 Å². The number of anilines is 1. The van der Waals surface area contributed by atoms with Crippen LogP contribution >= 0.6 is 0 Å². The minimum atomic E-state index is -0.181. The zero-order chi connectivity index (χ0) is 13.5. The van der Waals surface area contributed by atoms with Crippen molar-refractivity contribution in [3.8, 4) is 11.5 Å². The number of hydrogen-bond donors (Lipinski definition) is 1. The van der Waals surface area contributed by atoms with E-state index in [-0.39, 0.29) is 12.5 Å². The summed E-state index contributed by atoms with van der Waals surface area (Å²) in [6.45, 7) is 0.0439. The van der Waals surface area contributed by atoms with Crippen LogP contribution in [0.1, 0.15) is 0 Å². The van der Waals surface area contributed by atoms with Crippen molar-refractivity contribution in [1.82, 2.24) is 0 Å². The van der Waals surface area contributed by atoms with Crippen LogP contribution in [0.5, 0.6) is 11.5 Å². The summed E-state index contributed by atoms with van der Waals surface area (Å²) in [4.78, 5) is 11.3. The molecule has 0 spiro atoms. The van der Waals surface area contributed by atoms with Crippen molar-refractivity contribution in [3.63, 3.8) is 0 Å². The maximum absolute atomic E-state index is 11.3. The first kappa shape index (κ1) is 13.1. The van der Waals surface area contributed by atoms with E-state index in [2.05, 4.69) is 5.32 Å². The van der Waals surface area contributed by atoms with E-state index in [1.807, 2.05) is 30.3 Å². The zero-order valence-corrected chi connectivity index (χ0v) is 10.6. The van der Waals surface area contributed by atoms with Crippen molar-refractivity contribution < 1.29 is 14.3 Å². The smallest absolute Gasteiger partial charge is 0.250 e. The summed E-state index contributed by atoms with van der Waals surface area (Å²) in [5.74, 6) is 1.31. The van der Waals surface area contributed by atoms with E-state index >= 15 is 0 Å². The molecule has 2 rings (SSSR count). The molecule has 4 heteroatoms. The topological polar surface area (TPSA) is 47.6 Å². The molecule has 2 aromatic carbocycles. The van der Waals surface area contributed by atoms with Crippen molar-refractivity contribution >= 4 is 11.6 Å². The van der Waals surface area contributed by atoms with Gasteiger partial charge >= 0.3 is 0 Å². The Hall–Kier alpha value is -2.33. The summed E-state index contributed by atoms with van der Waals surface area (Å²) in [5, 5.41) is 2.71. The molecule has 98 valence electrons. The maximum Gasteiger partial charge on any atom is 0.250 e. The number of amides is 1. The Balaban J connectivity index is 1.97. The lowest BCUT2D eigenvalue weighted by atomic mass is 10.3. The highest BCUT2D eigenvalue weighted by molar-refractivity contribution is 5.91. The van der Waals surface area contributed by atoms with E-state index in [4.69, 9.17) is 9.47 Å². The second kappa shape index (κ2) is 6.56. The predicted octanol–water partition coefficient (Wildman–Crippen LogP) is 3.06. The van der Waals surface area contributed by atoms with Gasteiger partial charge < -0.3 is 14.8 Å². The normalized spacial score (nSPS) is 9.95. The van der Waals surface area contributed by atoms with Crippen LogP contribution in [-0.2, 0) is 9.53 Å². The van der Waals surface area contributed by atoms with E-state index in [0.29, 0.717) is 5.69 Å². The van der Waals surface area contributed by atoms with Gasteiger partial charge in [0, 0.05) is 12.8 Å². The quantitative estimate of drug-likeness (QED) is 0.895. The van der Waals surface area contributed by atoms with Crippen molar-refractivity contribution in [2.75, 3.05) is 19.0 Å². The third-order valence-electron chi connectivity index (χ3n) is 2.39. The van der Waals surface area contributed by atoms with E-state index < -0.39 is 0 Å². The number of methoxy groups -OCH3 is 1. The Morgan fingerprint density at radius 2 is 1.63 bits per heavy atom. The van der Waals surface area contributed by atoms with E-state index in [1.165, 1.54) is 7.11 Å². The van der Waals surface area contributed by atoms with Gasteiger partial charge in [0.15, 0.2) is 0 Å². The fraction of sp³-hybridized carbons (Fsp3) is 0.133. The van der Waals surface area contributed by atoms with Gasteiger partial charge in [0.2, 0.25) is 5.91 Å². The van der Waals surface area contributed by atoms with Gasteiger partial charge in [-0.2, -0.15) is 0 Å². The number of para-hydroxylation sites is 1. The third-order valence-corrected chi connectivity index (χ3v) is 2.39. The predicted molar refractivity (Wildman–Crippen MR) is 73.5 cm³/mol. The molecule has 19 heavy (non-hydrogen) atoms. The molecule has 0 unspecified atom stereocenters. The largest absolute Gasteiger partial charge is 0.457 e. The number of benzene rings is 2. The van der Waals surface area contributed by atoms with Crippen LogP contribution in [-0.4, -0.2) is 19.6 Å². The molecular formula is C15H15NO3. The number of hydrogen-bond acceptors (Lipinski definition) is 3. The molecule has 0 fully saturated rings. The Bertz CT molecular complexity index is 523. The SMILES string of the molecule is COCC(=O)Nc1ccc(Oc2ccccc2)cc1. The molecule has 0 atom stereocenters. The number of ether oxygens (including phenoxy) is 2. The van der Waals surface area contributed by atoms with Crippen molar-refractivity contribution in [2.45, 2.75) is 0 Å². The Labute approximate surface area is 112 Å². The molecule has 0 bridgehead atoms. The molecule has 0 saturated heterocycles. The summed E-state index contributed by atoms with van der Waals surface area (Å²) < 4.78 is 10.4. The molecule has 2 aromatic rings. The van der Waals surface area contributed by atoms with Crippen LogP contribution in [0, 0.1) is 0 Å². The third kappa shape index (κ3) is 4.12. The number of carbonyl (C=O) groups excluding carboxylic acids is 1. The van der Waals surface area contributed by atoms with E-state index in [0.717, 1.165) is 11.5 Å². The van der Waals surface area contributed by atoms with Crippen LogP contribution < -0.4 is 10.1 Å². The molecular weight excluding hydrogens is 242 g/mol. The van der Waals surface area contributed by atoms with Gasteiger partial charge in [0.25, 0.3) is 0 Å². The highest BCUT2D eigenvalue weighted by atomic mass is 16.5. The van der Waals surface area contributed by atoms with Gasteiger partial charge in [0.1, 0.15) is 18.1 Å². The first-order chi connectivity index (χ1) is 9.28. The standard InChI is InChI=1S/C15H15NO3/c1-18-11-15(17)16-12-7-9-14(10-8-12)19-13-5-3-2-4-6-13/h2-10H,11H2,1H3,(H,16,17). The monoisotopic (exact) mass is 257 g/mol. The first-order valence-electron chi connectivity index (χ1n) is 5.89. The summed E-state index contributed by atoms with van der Waals surface area (Å²) in [6, 6.07) is 16.7. The average Bonchev–Trinajstić information content (AvgIpc) is 2.42. The molecule has 0 saturated carbocycles. The molecule has 0 aliphatic carbocycles. The molecule has 0 aromatic heterocycles. The molecule has 1 amide bonds. The number of carbonyl (C=O) groups is 1. The maximum atomic E-state index is 11.3. The number of rotatable bonds is 5. The van der Waals surface area contributed by atoms with Crippen molar-refractivity contribution in [3.05, 3.63) is 54.6 Å². The lowest BCUT2D eigenvalue weighted by Crippen LogP contribution is -2.16. The summed E-state index contributed by atoms with van der Waals surface area (Å²) in [6.07, 6.45) is 0. The average molecular weight is 257 g/mol. The Morgan fingerprint density at radius 1 is 1.00 bits per heavy atom. The Morgan fingerprint density at radius 3 is 2.26 bits per heavy atom. The summed E-state index contributed by atoms with van der Waals surface area (Å²) in [7, 11) is 1.48. The second-order valence-electron chi connectivity index (χ2n) is 3.92. The lowest BCUT2D eigenvalue weighted by molar-refractivity contribution is -0.119.